The Hall–Kier alpha value is -3.95. The predicted octanol–water partition coefficient (Wildman–Crippen LogP) is 5.73. The molecule has 0 bridgehead atoms. The zero-order valence-electron chi connectivity index (χ0n) is 19.4. The Labute approximate surface area is 212 Å². The van der Waals surface area contributed by atoms with Crippen molar-refractivity contribution in [1.82, 2.24) is 5.32 Å². The Morgan fingerprint density at radius 1 is 0.811 bits per heavy atom. The molecule has 0 spiro atoms. The van der Waals surface area contributed by atoms with Gasteiger partial charge in [-0.15, -0.1) is 0 Å². The molecule has 37 heavy (non-hydrogen) atoms. The molecule has 0 aliphatic heterocycles. The number of hydrogen-bond acceptors (Lipinski definition) is 4. The number of rotatable bonds is 7. The summed E-state index contributed by atoms with van der Waals surface area (Å²) >= 11 is 0. The number of hydrogen-bond donors (Lipinski definition) is 2. The number of alkyl halides is 3. The van der Waals surface area contributed by atoms with Crippen LogP contribution >= 0.6 is 0 Å². The lowest BCUT2D eigenvalue weighted by molar-refractivity contribution is -0.137. The summed E-state index contributed by atoms with van der Waals surface area (Å²) in [7, 11) is -4.41. The van der Waals surface area contributed by atoms with E-state index in [0.717, 1.165) is 23.8 Å². The average Bonchev–Trinajstić information content (AvgIpc) is 2.91. The van der Waals surface area contributed by atoms with Crippen LogP contribution in [0.4, 0.5) is 13.2 Å². The zero-order chi connectivity index (χ0) is 26.6. The Morgan fingerprint density at radius 3 is 2.14 bits per heavy atom. The van der Waals surface area contributed by atoms with E-state index < -0.39 is 31.8 Å². The van der Waals surface area contributed by atoms with E-state index in [-0.39, 0.29) is 11.5 Å². The fraction of sp³-hybridized carbons (Fsp3) is 0.107. The van der Waals surface area contributed by atoms with Gasteiger partial charge < -0.3 is 11.1 Å². The van der Waals surface area contributed by atoms with Crippen LogP contribution in [0, 0.1) is 0 Å². The number of carbonyl (C=O) groups is 1. The van der Waals surface area contributed by atoms with Gasteiger partial charge in [-0.2, -0.15) is 13.2 Å². The highest BCUT2D eigenvalue weighted by atomic mass is 32.2. The van der Waals surface area contributed by atoms with Crippen molar-refractivity contribution >= 4 is 15.7 Å². The van der Waals surface area contributed by atoms with Crippen LogP contribution in [0.2, 0.25) is 0 Å². The first-order valence-corrected chi connectivity index (χ1v) is 12.8. The second kappa shape index (κ2) is 10.6. The van der Waals surface area contributed by atoms with Crippen molar-refractivity contribution < 1.29 is 26.4 Å². The maximum atomic E-state index is 13.3. The molecule has 5 nitrogen and oxygen atoms in total. The van der Waals surface area contributed by atoms with Crippen molar-refractivity contribution in [2.75, 3.05) is 0 Å². The average molecular weight is 525 g/mol. The first-order chi connectivity index (χ1) is 17.6. The third-order valence-corrected chi connectivity index (χ3v) is 7.68. The molecule has 0 heterocycles. The molecule has 0 aliphatic rings. The topological polar surface area (TPSA) is 89.3 Å². The maximum absolute atomic E-state index is 13.3. The highest BCUT2D eigenvalue weighted by Crippen LogP contribution is 2.36. The van der Waals surface area contributed by atoms with E-state index in [4.69, 9.17) is 5.73 Å². The summed E-state index contributed by atoms with van der Waals surface area (Å²) in [4.78, 5) is 12.5. The molecule has 3 N–H and O–H groups in total. The fourth-order valence-corrected chi connectivity index (χ4v) is 5.34. The maximum Gasteiger partial charge on any atom is 0.416 e. The van der Waals surface area contributed by atoms with E-state index in [1.165, 1.54) is 6.07 Å². The van der Waals surface area contributed by atoms with Crippen LogP contribution in [-0.2, 0) is 22.6 Å². The summed E-state index contributed by atoms with van der Waals surface area (Å²) in [5, 5.41) is 1.18. The summed E-state index contributed by atoms with van der Waals surface area (Å²) in [5.41, 5.74) is 7.29. The second-order valence-electron chi connectivity index (χ2n) is 8.29. The van der Waals surface area contributed by atoms with Crippen molar-refractivity contribution in [3.63, 3.8) is 0 Å². The van der Waals surface area contributed by atoms with Crippen molar-refractivity contribution in [1.29, 1.82) is 0 Å². The molecule has 190 valence electrons. The molecule has 1 unspecified atom stereocenters. The van der Waals surface area contributed by atoms with E-state index in [1.807, 2.05) is 30.3 Å². The second-order valence-corrected chi connectivity index (χ2v) is 10.4. The summed E-state index contributed by atoms with van der Waals surface area (Å²) < 4.78 is 66.2. The van der Waals surface area contributed by atoms with Crippen LogP contribution in [0.5, 0.6) is 0 Å². The van der Waals surface area contributed by atoms with Gasteiger partial charge in [0.05, 0.1) is 10.5 Å². The van der Waals surface area contributed by atoms with Crippen LogP contribution < -0.4 is 11.1 Å². The third-order valence-electron chi connectivity index (χ3n) is 5.85. The van der Waals surface area contributed by atoms with Crippen molar-refractivity contribution in [3.8, 4) is 11.1 Å². The predicted molar refractivity (Wildman–Crippen MR) is 135 cm³/mol. The number of halogens is 3. The summed E-state index contributed by atoms with van der Waals surface area (Å²) in [6.07, 6.45) is -4.71. The van der Waals surface area contributed by atoms with Gasteiger partial charge in [0.15, 0.2) is 9.84 Å². The van der Waals surface area contributed by atoms with Gasteiger partial charge in [0.25, 0.3) is 5.91 Å². The number of carbonyl (C=O) groups excluding carboxylic acids is 1. The van der Waals surface area contributed by atoms with Gasteiger partial charge in [0, 0.05) is 12.1 Å². The Morgan fingerprint density at radius 2 is 1.43 bits per heavy atom. The number of nitrogens with two attached hydrogens (primary N) is 1. The number of sulfone groups is 1. The number of benzene rings is 4. The van der Waals surface area contributed by atoms with E-state index in [1.54, 1.807) is 42.5 Å². The number of amides is 1. The number of nitrogens with one attached hydrogen (secondary N) is 1. The van der Waals surface area contributed by atoms with Crippen molar-refractivity contribution in [3.05, 3.63) is 125 Å². The quantitative estimate of drug-likeness (QED) is 0.323. The lowest BCUT2D eigenvalue weighted by atomic mass is 9.95. The summed E-state index contributed by atoms with van der Waals surface area (Å²) in [5.74, 6) is -0.372. The molecule has 1 atom stereocenters. The summed E-state index contributed by atoms with van der Waals surface area (Å²) in [6, 6.07) is 25.8. The monoisotopic (exact) mass is 524 g/mol. The Bertz CT molecular complexity index is 1520. The van der Waals surface area contributed by atoms with Gasteiger partial charge in [-0.1, -0.05) is 78.9 Å². The van der Waals surface area contributed by atoms with Crippen LogP contribution in [-0.4, -0.2) is 14.3 Å². The molecule has 4 aromatic rings. The Balaban J connectivity index is 1.70. The van der Waals surface area contributed by atoms with E-state index in [0.29, 0.717) is 29.3 Å². The van der Waals surface area contributed by atoms with Crippen LogP contribution in [0.25, 0.3) is 11.1 Å². The molecule has 4 rings (SSSR count). The molecule has 0 saturated carbocycles. The molecule has 4 aromatic carbocycles. The van der Waals surface area contributed by atoms with E-state index in [2.05, 4.69) is 5.32 Å². The van der Waals surface area contributed by atoms with Crippen LogP contribution in [0.1, 0.15) is 32.4 Å². The lowest BCUT2D eigenvalue weighted by Crippen LogP contribution is -2.25. The highest BCUT2D eigenvalue weighted by molar-refractivity contribution is 7.91. The minimum absolute atomic E-state index is 0.156. The molecule has 0 fully saturated rings. The molecule has 9 heteroatoms. The normalized spacial score (nSPS) is 12.6. The fourth-order valence-electron chi connectivity index (χ4n) is 3.94. The largest absolute Gasteiger partial charge is 0.416 e. The molecule has 0 radical (unpaired) electrons. The van der Waals surface area contributed by atoms with Gasteiger partial charge in [0.2, 0.25) is 0 Å². The first-order valence-electron chi connectivity index (χ1n) is 11.3. The van der Waals surface area contributed by atoms with Gasteiger partial charge in [-0.05, 0) is 46.5 Å². The van der Waals surface area contributed by atoms with Crippen molar-refractivity contribution in [2.45, 2.75) is 23.0 Å². The van der Waals surface area contributed by atoms with Gasteiger partial charge in [0.1, 0.15) is 5.37 Å². The minimum atomic E-state index is -4.71. The van der Waals surface area contributed by atoms with Gasteiger partial charge in [-0.25, -0.2) is 8.42 Å². The van der Waals surface area contributed by atoms with Crippen molar-refractivity contribution in [2.24, 2.45) is 5.73 Å². The van der Waals surface area contributed by atoms with Crippen LogP contribution in [0.15, 0.2) is 108 Å². The minimum Gasteiger partial charge on any atom is -0.348 e. The van der Waals surface area contributed by atoms with E-state index >= 15 is 0 Å². The highest BCUT2D eigenvalue weighted by Gasteiger charge is 2.34. The molecule has 0 saturated heterocycles. The van der Waals surface area contributed by atoms with Gasteiger partial charge in [-0.3, -0.25) is 4.79 Å². The standard InChI is InChI=1S/C28H23F3N2O3S/c29-28(30,31)20-11-8-12-21(17-20)37(35,36)26(32)24-15-6-4-13-22(24)23-14-5-7-16-25(23)27(34)33-18-19-9-2-1-3-10-19/h1-17,26H,18,32H2,(H,33,34). The smallest absolute Gasteiger partial charge is 0.348 e. The Kier molecular flexibility index (Phi) is 7.47. The molecule has 0 aromatic heterocycles. The molecular weight excluding hydrogens is 501 g/mol. The summed E-state index contributed by atoms with van der Waals surface area (Å²) in [6.45, 7) is 0.291. The zero-order valence-corrected chi connectivity index (χ0v) is 20.3. The van der Waals surface area contributed by atoms with Crippen LogP contribution in [0.3, 0.4) is 0 Å². The molecule has 1 amide bonds. The van der Waals surface area contributed by atoms with E-state index in [9.17, 15) is 26.4 Å². The third kappa shape index (κ3) is 5.73. The SMILES string of the molecule is NC(c1ccccc1-c1ccccc1C(=O)NCc1ccccc1)S(=O)(=O)c1cccc(C(F)(F)F)c1. The first kappa shape index (κ1) is 26.1. The van der Waals surface area contributed by atoms with Gasteiger partial charge >= 0.3 is 6.18 Å². The molecular formula is C28H23F3N2O3S. The lowest BCUT2D eigenvalue weighted by Gasteiger charge is -2.19. The molecule has 0 aliphatic carbocycles.